The number of carboxylic acid groups (broad SMARTS) is 2. The van der Waals surface area contributed by atoms with E-state index in [1.165, 1.54) is 5.56 Å². The van der Waals surface area contributed by atoms with Crippen LogP contribution in [0.25, 0.3) is 0 Å². The normalized spacial score (nSPS) is 10.3. The van der Waals surface area contributed by atoms with Crippen LogP contribution in [0.4, 0.5) is 4.79 Å². The van der Waals surface area contributed by atoms with E-state index in [9.17, 15) is 0 Å². The predicted octanol–water partition coefficient (Wildman–Crippen LogP) is 2.89. The molecule has 96 valence electrons. The maximum atomic E-state index is 8.56. The van der Waals surface area contributed by atoms with E-state index in [4.69, 9.17) is 15.0 Å². The second-order valence-electron chi connectivity index (χ2n) is 4.18. The summed E-state index contributed by atoms with van der Waals surface area (Å²) in [6.07, 6.45) is 3.82. The molecular weight excluding hydrogens is 232 g/mol. The number of aromatic nitrogens is 2. The van der Waals surface area contributed by atoms with Gasteiger partial charge in [0, 0.05) is 12.4 Å². The Balaban J connectivity index is 0.000000357. The van der Waals surface area contributed by atoms with Crippen LogP contribution in [0.2, 0.25) is 0 Å². The van der Waals surface area contributed by atoms with Gasteiger partial charge >= 0.3 is 6.16 Å². The minimum absolute atomic E-state index is 0.0300. The van der Waals surface area contributed by atoms with Gasteiger partial charge in [-0.3, -0.25) is 0 Å². The molecule has 18 heavy (non-hydrogen) atoms. The molecule has 0 unspecified atom stereocenters. The first-order valence-electron chi connectivity index (χ1n) is 5.40. The van der Waals surface area contributed by atoms with Crippen LogP contribution in [0.1, 0.15) is 19.4 Å². The molecule has 1 heterocycles. The summed E-state index contributed by atoms with van der Waals surface area (Å²) in [6.45, 7) is 4.37. The number of carbonyl (C=O) groups is 1. The summed E-state index contributed by atoms with van der Waals surface area (Å²) >= 11 is 0. The molecule has 0 bridgehead atoms. The Morgan fingerprint density at radius 3 is 2.22 bits per heavy atom. The zero-order valence-corrected chi connectivity index (χ0v) is 10.3. The van der Waals surface area contributed by atoms with Crippen molar-refractivity contribution in [2.24, 2.45) is 0 Å². The lowest BCUT2D eigenvalue weighted by Gasteiger charge is -2.26. The molecular formula is C13H16N2O3. The molecule has 0 atom stereocenters. The Hall–Kier alpha value is -2.30. The zero-order chi connectivity index (χ0) is 13.6. The van der Waals surface area contributed by atoms with Crippen LogP contribution in [0.5, 0.6) is 0 Å². The van der Waals surface area contributed by atoms with E-state index in [1.807, 2.05) is 24.8 Å². The van der Waals surface area contributed by atoms with Crippen LogP contribution in [-0.4, -0.2) is 25.9 Å². The van der Waals surface area contributed by atoms with Gasteiger partial charge in [-0.2, -0.15) is 0 Å². The van der Waals surface area contributed by atoms with Gasteiger partial charge in [0.1, 0.15) is 0 Å². The Morgan fingerprint density at radius 1 is 1.22 bits per heavy atom. The van der Waals surface area contributed by atoms with Crippen molar-refractivity contribution in [3.8, 4) is 0 Å². The first-order valence-corrected chi connectivity index (χ1v) is 5.40. The van der Waals surface area contributed by atoms with E-state index in [0.717, 1.165) is 0 Å². The van der Waals surface area contributed by atoms with Gasteiger partial charge in [-0.15, -0.1) is 0 Å². The molecule has 1 aromatic heterocycles. The highest BCUT2D eigenvalue weighted by Gasteiger charge is 2.21. The van der Waals surface area contributed by atoms with Crippen LogP contribution in [-0.2, 0) is 5.54 Å². The predicted molar refractivity (Wildman–Crippen MR) is 67.7 cm³/mol. The van der Waals surface area contributed by atoms with Crippen molar-refractivity contribution in [3.63, 3.8) is 0 Å². The molecule has 1 aromatic carbocycles. The van der Waals surface area contributed by atoms with Gasteiger partial charge in [-0.05, 0) is 19.4 Å². The highest BCUT2D eigenvalue weighted by Crippen LogP contribution is 2.24. The summed E-state index contributed by atoms with van der Waals surface area (Å²) in [6, 6.07) is 10.4. The molecule has 2 N–H and O–H groups in total. The van der Waals surface area contributed by atoms with Crippen molar-refractivity contribution in [1.82, 2.24) is 9.55 Å². The topological polar surface area (TPSA) is 75.4 Å². The lowest BCUT2D eigenvalue weighted by atomic mass is 9.94. The number of rotatable bonds is 2. The monoisotopic (exact) mass is 248 g/mol. The quantitative estimate of drug-likeness (QED) is 0.856. The Labute approximate surface area is 105 Å². The third-order valence-electron chi connectivity index (χ3n) is 2.63. The summed E-state index contributed by atoms with van der Waals surface area (Å²) in [7, 11) is 0. The fraction of sp³-hybridized carbons (Fsp3) is 0.231. The van der Waals surface area contributed by atoms with Crippen LogP contribution < -0.4 is 0 Å². The van der Waals surface area contributed by atoms with Gasteiger partial charge in [0.25, 0.3) is 0 Å². The average molecular weight is 248 g/mol. The van der Waals surface area contributed by atoms with E-state index in [1.54, 1.807) is 0 Å². The number of nitrogens with zero attached hydrogens (tertiary/aromatic N) is 2. The number of hydrogen-bond acceptors (Lipinski definition) is 2. The summed E-state index contributed by atoms with van der Waals surface area (Å²) in [5, 5.41) is 13.9. The standard InChI is InChI=1S/C12H14N2.CH2O3/c1-12(2,14-9-8-13-10-14)11-6-4-3-5-7-11;2-1(3)4/h3-10H,1-2H3;(H2,2,3,4). The molecule has 0 saturated carbocycles. The van der Waals surface area contributed by atoms with Gasteiger partial charge < -0.3 is 14.8 Å². The summed E-state index contributed by atoms with van der Waals surface area (Å²) in [5.41, 5.74) is 1.26. The first-order chi connectivity index (χ1) is 8.44. The van der Waals surface area contributed by atoms with Crippen molar-refractivity contribution in [1.29, 1.82) is 0 Å². The fourth-order valence-corrected chi connectivity index (χ4v) is 1.58. The first kappa shape index (κ1) is 13.8. The lowest BCUT2D eigenvalue weighted by molar-refractivity contribution is 0.137. The Kier molecular flexibility index (Phi) is 4.48. The number of benzene rings is 1. The maximum absolute atomic E-state index is 8.56. The van der Waals surface area contributed by atoms with Gasteiger partial charge in [-0.25, -0.2) is 9.78 Å². The second kappa shape index (κ2) is 5.86. The molecule has 2 aromatic rings. The fourth-order valence-electron chi connectivity index (χ4n) is 1.58. The third-order valence-corrected chi connectivity index (χ3v) is 2.63. The smallest absolute Gasteiger partial charge is 0.450 e. The van der Waals surface area contributed by atoms with Crippen molar-refractivity contribution in [2.45, 2.75) is 19.4 Å². The van der Waals surface area contributed by atoms with Crippen LogP contribution in [0, 0.1) is 0 Å². The molecule has 5 heteroatoms. The molecule has 0 aliphatic rings. The van der Waals surface area contributed by atoms with Gasteiger partial charge in [0.2, 0.25) is 0 Å². The lowest BCUT2D eigenvalue weighted by Crippen LogP contribution is -2.26. The molecule has 0 fully saturated rings. The second-order valence-corrected chi connectivity index (χ2v) is 4.18. The maximum Gasteiger partial charge on any atom is 0.503 e. The third kappa shape index (κ3) is 3.62. The summed E-state index contributed by atoms with van der Waals surface area (Å²) in [4.78, 5) is 12.6. The molecule has 2 rings (SSSR count). The molecule has 0 aliphatic heterocycles. The summed E-state index contributed by atoms with van der Waals surface area (Å²) < 4.78 is 2.11. The van der Waals surface area contributed by atoms with Crippen LogP contribution in [0.15, 0.2) is 49.1 Å². The number of imidazole rings is 1. The SMILES string of the molecule is CC(C)(c1ccccc1)n1ccnc1.O=C(O)O. The van der Waals surface area contributed by atoms with Gasteiger partial charge in [0.05, 0.1) is 11.9 Å². The van der Waals surface area contributed by atoms with Crippen molar-refractivity contribution in [3.05, 3.63) is 54.6 Å². The van der Waals surface area contributed by atoms with Crippen molar-refractivity contribution < 1.29 is 15.0 Å². The molecule has 0 saturated heterocycles. The van der Waals surface area contributed by atoms with E-state index >= 15 is 0 Å². The molecule has 0 spiro atoms. The average Bonchev–Trinajstić information content (AvgIpc) is 2.83. The van der Waals surface area contributed by atoms with Gasteiger partial charge in [0.15, 0.2) is 0 Å². The summed E-state index contributed by atoms with van der Waals surface area (Å²) in [5.74, 6) is 0. The largest absolute Gasteiger partial charge is 0.503 e. The zero-order valence-electron chi connectivity index (χ0n) is 10.3. The van der Waals surface area contributed by atoms with E-state index < -0.39 is 6.16 Å². The highest BCUT2D eigenvalue weighted by atomic mass is 16.6. The molecule has 0 aliphatic carbocycles. The minimum Gasteiger partial charge on any atom is -0.450 e. The van der Waals surface area contributed by atoms with Gasteiger partial charge in [-0.1, -0.05) is 30.3 Å². The molecule has 0 amide bonds. The van der Waals surface area contributed by atoms with E-state index in [-0.39, 0.29) is 5.54 Å². The van der Waals surface area contributed by atoms with Crippen LogP contribution in [0.3, 0.4) is 0 Å². The van der Waals surface area contributed by atoms with Crippen molar-refractivity contribution in [2.75, 3.05) is 0 Å². The van der Waals surface area contributed by atoms with E-state index in [0.29, 0.717) is 0 Å². The van der Waals surface area contributed by atoms with Crippen molar-refractivity contribution >= 4 is 6.16 Å². The molecule has 5 nitrogen and oxygen atoms in total. The minimum atomic E-state index is -1.83. The molecule has 0 radical (unpaired) electrons. The Bertz CT molecular complexity index is 474. The Morgan fingerprint density at radius 2 is 1.78 bits per heavy atom. The number of hydrogen-bond donors (Lipinski definition) is 2. The highest BCUT2D eigenvalue weighted by molar-refractivity contribution is 5.53. The van der Waals surface area contributed by atoms with E-state index in [2.05, 4.69) is 47.7 Å². The van der Waals surface area contributed by atoms with Crippen LogP contribution >= 0.6 is 0 Å².